The molecule has 0 spiro atoms. The van der Waals surface area contributed by atoms with Crippen molar-refractivity contribution >= 4 is 25.9 Å². The summed E-state index contributed by atoms with van der Waals surface area (Å²) in [6.45, 7) is 7.25. The van der Waals surface area contributed by atoms with Crippen LogP contribution >= 0.6 is 8.03 Å². The van der Waals surface area contributed by atoms with E-state index in [0.29, 0.717) is 12.2 Å². The van der Waals surface area contributed by atoms with Crippen molar-refractivity contribution in [3.63, 3.8) is 0 Å². The lowest BCUT2D eigenvalue weighted by molar-refractivity contribution is -0.148. The zero-order valence-electron chi connectivity index (χ0n) is 18.9. The van der Waals surface area contributed by atoms with Crippen LogP contribution in [0.3, 0.4) is 0 Å². The van der Waals surface area contributed by atoms with E-state index in [0.717, 1.165) is 11.1 Å². The Hall–Kier alpha value is -2.83. The molecule has 0 fully saturated rings. The molecule has 0 saturated heterocycles. The van der Waals surface area contributed by atoms with Crippen molar-refractivity contribution in [3.8, 4) is 0 Å². The van der Waals surface area contributed by atoms with Crippen LogP contribution in [0.4, 0.5) is 10.6 Å². The molecule has 1 heterocycles. The second-order valence-corrected chi connectivity index (χ2v) is 9.34. The number of nitrogens with one attached hydrogen (secondary N) is 1. The number of amides is 1. The lowest BCUT2D eigenvalue weighted by Crippen LogP contribution is -2.27. The second kappa shape index (κ2) is 12.3. The summed E-state index contributed by atoms with van der Waals surface area (Å²) in [5.41, 5.74) is 1.04. The third kappa shape index (κ3) is 9.54. The molecule has 9 heteroatoms. The van der Waals surface area contributed by atoms with Gasteiger partial charge in [0.15, 0.2) is 0 Å². The van der Waals surface area contributed by atoms with Gasteiger partial charge in [-0.1, -0.05) is 36.4 Å². The van der Waals surface area contributed by atoms with E-state index in [4.69, 9.17) is 14.0 Å². The van der Waals surface area contributed by atoms with Crippen LogP contribution < -0.4 is 5.32 Å². The van der Waals surface area contributed by atoms with E-state index < -0.39 is 31.6 Å². The van der Waals surface area contributed by atoms with Crippen LogP contribution in [0, 0.1) is 5.92 Å². The molecule has 0 bridgehead atoms. The third-order valence-corrected chi connectivity index (χ3v) is 5.19. The average Bonchev–Trinajstić information content (AvgIpc) is 2.71. The molecule has 8 nitrogen and oxygen atoms in total. The summed E-state index contributed by atoms with van der Waals surface area (Å²) >= 11 is 0. The van der Waals surface area contributed by atoms with Crippen LogP contribution in [0.2, 0.25) is 0 Å². The highest BCUT2D eigenvalue weighted by Gasteiger charge is 2.27. The van der Waals surface area contributed by atoms with Gasteiger partial charge in [0.2, 0.25) is 6.16 Å². The van der Waals surface area contributed by atoms with E-state index in [9.17, 15) is 14.2 Å². The zero-order chi connectivity index (χ0) is 23.6. The largest absolute Gasteiger partial charge is 0.512 e. The average molecular weight is 461 g/mol. The minimum Gasteiger partial charge on any atom is -0.466 e. The maximum atomic E-state index is 12.4. The van der Waals surface area contributed by atoms with Crippen LogP contribution in [-0.2, 0) is 35.9 Å². The molecule has 1 amide bonds. The lowest BCUT2D eigenvalue weighted by Gasteiger charge is -2.19. The normalized spacial score (nSPS) is 12.6. The Morgan fingerprint density at radius 2 is 1.81 bits per heavy atom. The summed E-state index contributed by atoms with van der Waals surface area (Å²) < 4.78 is 28.1. The first kappa shape index (κ1) is 25.4. The Morgan fingerprint density at radius 1 is 1.09 bits per heavy atom. The number of ether oxygens (including phenoxy) is 2. The van der Waals surface area contributed by atoms with Gasteiger partial charge in [0.05, 0.1) is 12.5 Å². The monoisotopic (exact) mass is 461 g/mol. The van der Waals surface area contributed by atoms with Crippen LogP contribution in [0.1, 0.15) is 38.8 Å². The predicted molar refractivity (Wildman–Crippen MR) is 122 cm³/mol. The summed E-state index contributed by atoms with van der Waals surface area (Å²) in [5, 5.41) is 2.56. The van der Waals surface area contributed by atoms with E-state index in [1.165, 1.54) is 0 Å². The first-order chi connectivity index (χ1) is 15.2. The maximum absolute atomic E-state index is 12.4. The zero-order valence-corrected chi connectivity index (χ0v) is 19.8. The number of carbonyl (C=O) groups is 2. The molecular weight excluding hydrogens is 431 g/mol. The van der Waals surface area contributed by atoms with Gasteiger partial charge in [-0.3, -0.25) is 10.1 Å². The molecule has 2 atom stereocenters. The fraction of sp³-hybridized carbons (Fsp3) is 0.435. The number of esters is 1. The Kier molecular flexibility index (Phi) is 9.75. The highest BCUT2D eigenvalue weighted by atomic mass is 31.1. The molecule has 0 radical (unpaired) electrons. The Balaban J connectivity index is 1.95. The van der Waals surface area contributed by atoms with Crippen molar-refractivity contribution in [2.45, 2.75) is 45.9 Å². The standard InChI is InChI=1S/C23H29N2O6P/c1-5-29-21(26)19(15-30-32(28)16-17-9-7-6-8-10-17)13-18-11-12-20(24-14-18)25-22(27)31-23(2,3)4/h6-12,14,19H,5,13,15-16H2,1-4H3/p+1. The van der Waals surface area contributed by atoms with E-state index in [-0.39, 0.29) is 19.4 Å². The Bertz CT molecular complexity index is 897. The van der Waals surface area contributed by atoms with Gasteiger partial charge in [0, 0.05) is 11.8 Å². The first-order valence-electron chi connectivity index (χ1n) is 10.4. The van der Waals surface area contributed by atoms with Gasteiger partial charge in [0.1, 0.15) is 18.0 Å². The number of carbonyl (C=O) groups excluding carboxylic acids is 2. The van der Waals surface area contributed by atoms with Crippen LogP contribution in [0.25, 0.3) is 0 Å². The number of anilines is 1. The summed E-state index contributed by atoms with van der Waals surface area (Å²) in [6, 6.07) is 12.7. The van der Waals surface area contributed by atoms with Gasteiger partial charge in [-0.05, 0) is 50.3 Å². The van der Waals surface area contributed by atoms with Gasteiger partial charge >= 0.3 is 20.1 Å². The fourth-order valence-corrected chi connectivity index (χ4v) is 3.68. The molecule has 0 saturated carbocycles. The Morgan fingerprint density at radius 3 is 2.41 bits per heavy atom. The van der Waals surface area contributed by atoms with Crippen molar-refractivity contribution < 1.29 is 28.2 Å². The topological polar surface area (TPSA) is 104 Å². The minimum atomic E-state index is -1.96. The van der Waals surface area contributed by atoms with Crippen molar-refractivity contribution in [2.24, 2.45) is 5.92 Å². The molecule has 1 aromatic heterocycles. The first-order valence-corrected chi connectivity index (χ1v) is 11.8. The van der Waals surface area contributed by atoms with Crippen molar-refractivity contribution in [2.75, 3.05) is 18.5 Å². The molecule has 172 valence electrons. The minimum absolute atomic E-state index is 0.0290. The molecule has 0 aliphatic heterocycles. The number of hydrogen-bond donors (Lipinski definition) is 1. The predicted octanol–water partition coefficient (Wildman–Crippen LogP) is 5.11. The van der Waals surface area contributed by atoms with E-state index >= 15 is 0 Å². The van der Waals surface area contributed by atoms with Gasteiger partial charge < -0.3 is 9.47 Å². The third-order valence-electron chi connectivity index (χ3n) is 4.13. The summed E-state index contributed by atoms with van der Waals surface area (Å²) in [7, 11) is -1.96. The SMILES string of the molecule is CCOC(=O)C(CO[P+](=O)Cc1ccccc1)Cc1ccc(NC(=O)OC(C)(C)C)nc1. The molecule has 0 aliphatic carbocycles. The smallest absolute Gasteiger partial charge is 0.466 e. The molecule has 2 unspecified atom stereocenters. The highest BCUT2D eigenvalue weighted by molar-refractivity contribution is 7.38. The van der Waals surface area contributed by atoms with Crippen LogP contribution in [-0.4, -0.2) is 35.9 Å². The summed E-state index contributed by atoms with van der Waals surface area (Å²) in [5.74, 6) is -0.722. The molecule has 1 N–H and O–H groups in total. The number of benzene rings is 1. The summed E-state index contributed by atoms with van der Waals surface area (Å²) in [6.07, 6.45) is 1.53. The quantitative estimate of drug-likeness (QED) is 0.387. The highest BCUT2D eigenvalue weighted by Crippen LogP contribution is 2.29. The molecule has 2 rings (SSSR count). The lowest BCUT2D eigenvalue weighted by atomic mass is 10.0. The number of aromatic nitrogens is 1. The van der Waals surface area contributed by atoms with E-state index in [1.807, 2.05) is 30.3 Å². The molecule has 32 heavy (non-hydrogen) atoms. The number of nitrogens with zero attached hydrogens (tertiary/aromatic N) is 1. The van der Waals surface area contributed by atoms with Gasteiger partial charge in [0.25, 0.3) is 0 Å². The Labute approximate surface area is 189 Å². The van der Waals surface area contributed by atoms with Gasteiger partial charge in [-0.25, -0.2) is 9.78 Å². The van der Waals surface area contributed by atoms with Crippen molar-refractivity contribution in [1.29, 1.82) is 0 Å². The molecule has 1 aromatic carbocycles. The fourth-order valence-electron chi connectivity index (χ4n) is 2.73. The maximum Gasteiger partial charge on any atom is 0.512 e. The van der Waals surface area contributed by atoms with Crippen molar-refractivity contribution in [3.05, 3.63) is 59.8 Å². The molecule has 2 aromatic rings. The van der Waals surface area contributed by atoms with Crippen LogP contribution in [0.15, 0.2) is 48.7 Å². The summed E-state index contributed by atoms with van der Waals surface area (Å²) in [4.78, 5) is 28.4. The van der Waals surface area contributed by atoms with E-state index in [1.54, 1.807) is 46.0 Å². The van der Waals surface area contributed by atoms with Crippen LogP contribution in [0.5, 0.6) is 0 Å². The number of rotatable bonds is 10. The second-order valence-electron chi connectivity index (χ2n) is 8.10. The number of pyridine rings is 1. The molecule has 0 aliphatic rings. The van der Waals surface area contributed by atoms with Crippen molar-refractivity contribution in [1.82, 2.24) is 4.98 Å². The van der Waals surface area contributed by atoms with Gasteiger partial charge in [-0.2, -0.15) is 0 Å². The number of hydrogen-bond acceptors (Lipinski definition) is 7. The molecular formula is C23H30N2O6P+. The van der Waals surface area contributed by atoms with Gasteiger partial charge in [-0.15, -0.1) is 4.52 Å². The van der Waals surface area contributed by atoms with E-state index in [2.05, 4.69) is 10.3 Å².